The first-order valence-electron chi connectivity index (χ1n) is 5.87. The highest BCUT2D eigenvalue weighted by Crippen LogP contribution is 2.26. The molecule has 0 bridgehead atoms. The van der Waals surface area contributed by atoms with Crippen LogP contribution in [-0.4, -0.2) is 25.8 Å². The summed E-state index contributed by atoms with van der Waals surface area (Å²) in [6, 6.07) is 5.98. The van der Waals surface area contributed by atoms with Gasteiger partial charge in [0, 0.05) is 29.8 Å². The quantitative estimate of drug-likeness (QED) is 0.777. The molecule has 0 atom stereocenters. The van der Waals surface area contributed by atoms with E-state index in [0.29, 0.717) is 22.0 Å². The molecule has 0 radical (unpaired) electrons. The maximum absolute atomic E-state index is 13.2. The first-order chi connectivity index (χ1) is 9.56. The van der Waals surface area contributed by atoms with Crippen molar-refractivity contribution < 1.29 is 14.3 Å². The second-order valence-corrected chi connectivity index (χ2v) is 4.40. The third-order valence-corrected chi connectivity index (χ3v) is 3.10. The number of aryl methyl sites for hydroxylation is 1. The summed E-state index contributed by atoms with van der Waals surface area (Å²) in [6.07, 6.45) is 3.02. The summed E-state index contributed by atoms with van der Waals surface area (Å²) in [6.45, 7) is 0. The minimum atomic E-state index is -1.07. The van der Waals surface area contributed by atoms with Gasteiger partial charge in [0.05, 0.1) is 11.7 Å². The summed E-state index contributed by atoms with van der Waals surface area (Å²) in [5.74, 6) is -1.43. The number of aromatic carboxylic acids is 1. The fourth-order valence-electron chi connectivity index (χ4n) is 2.15. The lowest BCUT2D eigenvalue weighted by Crippen LogP contribution is -2.06. The first kappa shape index (κ1) is 12.3. The lowest BCUT2D eigenvalue weighted by Gasteiger charge is -2.03. The van der Waals surface area contributed by atoms with Crippen molar-refractivity contribution in [3.05, 3.63) is 48.2 Å². The van der Waals surface area contributed by atoms with Crippen LogP contribution in [0.15, 0.2) is 36.7 Å². The smallest absolute Gasteiger partial charge is 0.354 e. The number of halogens is 1. The third-order valence-electron chi connectivity index (χ3n) is 3.10. The van der Waals surface area contributed by atoms with Crippen molar-refractivity contribution >= 4 is 16.9 Å². The lowest BCUT2D eigenvalue weighted by atomic mass is 10.1. The van der Waals surface area contributed by atoms with Crippen molar-refractivity contribution in [2.75, 3.05) is 0 Å². The molecular weight excluding hydrogens is 261 g/mol. The van der Waals surface area contributed by atoms with E-state index >= 15 is 0 Å². The molecule has 5 nitrogen and oxygen atoms in total. The summed E-state index contributed by atoms with van der Waals surface area (Å²) >= 11 is 0. The van der Waals surface area contributed by atoms with Crippen molar-refractivity contribution in [1.82, 2.24) is 14.8 Å². The Hall–Kier alpha value is -2.76. The van der Waals surface area contributed by atoms with Gasteiger partial charge in [0.1, 0.15) is 5.82 Å². The largest absolute Gasteiger partial charge is 0.477 e. The summed E-state index contributed by atoms with van der Waals surface area (Å²) in [7, 11) is 1.56. The van der Waals surface area contributed by atoms with Gasteiger partial charge in [0.2, 0.25) is 0 Å². The molecule has 0 aliphatic heterocycles. The Bertz CT molecular complexity index is 826. The van der Waals surface area contributed by atoms with E-state index in [1.54, 1.807) is 25.4 Å². The maximum atomic E-state index is 13.2. The zero-order chi connectivity index (χ0) is 14.3. The molecule has 0 spiro atoms. The Balaban J connectivity index is 2.22. The number of benzene rings is 1. The number of rotatable bonds is 2. The van der Waals surface area contributed by atoms with Gasteiger partial charge in [-0.1, -0.05) is 0 Å². The highest BCUT2D eigenvalue weighted by molar-refractivity contribution is 5.95. The van der Waals surface area contributed by atoms with Crippen molar-refractivity contribution in [2.24, 2.45) is 7.05 Å². The van der Waals surface area contributed by atoms with Crippen LogP contribution in [0.25, 0.3) is 22.0 Å². The molecule has 0 amide bonds. The van der Waals surface area contributed by atoms with Gasteiger partial charge in [-0.15, -0.1) is 0 Å². The molecule has 0 saturated heterocycles. The van der Waals surface area contributed by atoms with Gasteiger partial charge in [-0.05, 0) is 24.3 Å². The Morgan fingerprint density at radius 3 is 2.85 bits per heavy atom. The van der Waals surface area contributed by atoms with Gasteiger partial charge < -0.3 is 5.11 Å². The van der Waals surface area contributed by atoms with E-state index in [0.717, 1.165) is 0 Å². The Labute approximate surface area is 113 Å². The molecule has 0 unspecified atom stereocenters. The van der Waals surface area contributed by atoms with Gasteiger partial charge in [-0.25, -0.2) is 9.18 Å². The molecule has 0 saturated carbocycles. The van der Waals surface area contributed by atoms with Crippen molar-refractivity contribution in [3.63, 3.8) is 0 Å². The number of hydrogen-bond donors (Lipinski definition) is 1. The van der Waals surface area contributed by atoms with Gasteiger partial charge >= 0.3 is 5.97 Å². The van der Waals surface area contributed by atoms with E-state index in [2.05, 4.69) is 10.1 Å². The fourth-order valence-corrected chi connectivity index (χ4v) is 2.15. The van der Waals surface area contributed by atoms with Crippen molar-refractivity contribution in [2.45, 2.75) is 0 Å². The van der Waals surface area contributed by atoms with Crippen LogP contribution < -0.4 is 0 Å². The fraction of sp³-hybridized carbons (Fsp3) is 0.0714. The molecule has 0 aliphatic rings. The second kappa shape index (κ2) is 4.41. The Morgan fingerprint density at radius 1 is 1.30 bits per heavy atom. The van der Waals surface area contributed by atoms with Crippen LogP contribution in [0.2, 0.25) is 0 Å². The molecule has 3 rings (SSSR count). The minimum absolute atomic E-state index is 0.0718. The normalized spacial score (nSPS) is 10.9. The van der Waals surface area contributed by atoms with Crippen LogP contribution in [0.1, 0.15) is 10.5 Å². The number of carboxylic acid groups (broad SMARTS) is 1. The van der Waals surface area contributed by atoms with Crippen molar-refractivity contribution in [1.29, 1.82) is 0 Å². The van der Waals surface area contributed by atoms with Crippen LogP contribution in [0, 0.1) is 5.82 Å². The van der Waals surface area contributed by atoms with E-state index < -0.39 is 5.97 Å². The summed E-state index contributed by atoms with van der Waals surface area (Å²) in [5, 5.41) is 13.8. The highest BCUT2D eigenvalue weighted by Gasteiger charge is 2.17. The SMILES string of the molecule is Cn1ncc(-c2cnc3ccc(F)cc3c2)c1C(=O)O. The third kappa shape index (κ3) is 1.91. The van der Waals surface area contributed by atoms with Crippen LogP contribution in [0.3, 0.4) is 0 Å². The van der Waals surface area contributed by atoms with Gasteiger partial charge in [-0.3, -0.25) is 9.67 Å². The van der Waals surface area contributed by atoms with Crippen molar-refractivity contribution in [3.8, 4) is 11.1 Å². The molecule has 0 aliphatic carbocycles. The number of fused-ring (bicyclic) bond motifs is 1. The average molecular weight is 271 g/mol. The molecule has 1 aromatic carbocycles. The average Bonchev–Trinajstić information content (AvgIpc) is 2.80. The second-order valence-electron chi connectivity index (χ2n) is 4.40. The maximum Gasteiger partial charge on any atom is 0.354 e. The van der Waals surface area contributed by atoms with E-state index in [4.69, 9.17) is 0 Å². The van der Waals surface area contributed by atoms with E-state index in [-0.39, 0.29) is 11.5 Å². The standard InChI is InChI=1S/C14H10FN3O2/c1-18-13(14(19)20)11(7-17-18)9-4-8-5-10(15)2-3-12(8)16-6-9/h2-7H,1H3,(H,19,20). The zero-order valence-corrected chi connectivity index (χ0v) is 10.5. The molecule has 2 aromatic heterocycles. The Kier molecular flexibility index (Phi) is 2.71. The zero-order valence-electron chi connectivity index (χ0n) is 10.5. The van der Waals surface area contributed by atoms with Crippen LogP contribution in [0.5, 0.6) is 0 Å². The number of aromatic nitrogens is 3. The summed E-state index contributed by atoms with van der Waals surface area (Å²) < 4.78 is 14.5. The van der Waals surface area contributed by atoms with Gasteiger partial charge in [-0.2, -0.15) is 5.10 Å². The van der Waals surface area contributed by atoms with E-state index in [9.17, 15) is 14.3 Å². The molecule has 20 heavy (non-hydrogen) atoms. The molecular formula is C14H10FN3O2. The van der Waals surface area contributed by atoms with Crippen LogP contribution in [0.4, 0.5) is 4.39 Å². The topological polar surface area (TPSA) is 68.0 Å². The Morgan fingerprint density at radius 2 is 2.10 bits per heavy atom. The monoisotopic (exact) mass is 271 g/mol. The van der Waals surface area contributed by atoms with E-state index in [1.807, 2.05) is 0 Å². The summed E-state index contributed by atoms with van der Waals surface area (Å²) in [5.41, 5.74) is 1.77. The molecule has 2 heterocycles. The number of carboxylic acids is 1. The predicted molar refractivity (Wildman–Crippen MR) is 70.9 cm³/mol. The molecule has 3 aromatic rings. The van der Waals surface area contributed by atoms with Crippen LogP contribution >= 0.6 is 0 Å². The number of carbonyl (C=O) groups is 1. The molecule has 6 heteroatoms. The predicted octanol–water partition coefficient (Wildman–Crippen LogP) is 2.47. The van der Waals surface area contributed by atoms with Gasteiger partial charge in [0.25, 0.3) is 0 Å². The molecule has 0 fully saturated rings. The number of nitrogens with zero attached hydrogens (tertiary/aromatic N) is 3. The highest BCUT2D eigenvalue weighted by atomic mass is 19.1. The number of hydrogen-bond acceptors (Lipinski definition) is 3. The lowest BCUT2D eigenvalue weighted by molar-refractivity contribution is 0.0686. The molecule has 1 N–H and O–H groups in total. The molecule has 100 valence electrons. The van der Waals surface area contributed by atoms with Gasteiger partial charge in [0.15, 0.2) is 5.69 Å². The number of pyridine rings is 1. The minimum Gasteiger partial charge on any atom is -0.477 e. The van der Waals surface area contributed by atoms with Crippen LogP contribution in [-0.2, 0) is 7.05 Å². The summed E-state index contributed by atoms with van der Waals surface area (Å²) in [4.78, 5) is 15.5. The van der Waals surface area contributed by atoms with E-state index in [1.165, 1.54) is 23.0 Å². The first-order valence-corrected chi connectivity index (χ1v) is 5.87.